The monoisotopic (exact) mass is 577 g/mol. The Labute approximate surface area is 231 Å². The maximum Gasteiger partial charge on any atom is 0.435 e. The number of oxazole rings is 1. The highest BCUT2D eigenvalue weighted by molar-refractivity contribution is 6.42. The summed E-state index contributed by atoms with van der Waals surface area (Å²) in [6.45, 7) is 2.06. The molecule has 0 aliphatic heterocycles. The van der Waals surface area contributed by atoms with Gasteiger partial charge in [-0.25, -0.2) is 0 Å². The highest BCUT2D eigenvalue weighted by atomic mass is 35.5. The van der Waals surface area contributed by atoms with Crippen LogP contribution >= 0.6 is 23.2 Å². The van der Waals surface area contributed by atoms with E-state index in [-0.39, 0.29) is 47.4 Å². The predicted molar refractivity (Wildman–Crippen MR) is 139 cm³/mol. The number of hydrogen-bond acceptors (Lipinski definition) is 4. The summed E-state index contributed by atoms with van der Waals surface area (Å²) in [7, 11) is 0. The van der Waals surface area contributed by atoms with Crippen LogP contribution in [0.1, 0.15) is 53.0 Å². The van der Waals surface area contributed by atoms with Crippen LogP contribution in [0.4, 0.5) is 13.2 Å². The van der Waals surface area contributed by atoms with Crippen molar-refractivity contribution in [1.82, 2.24) is 19.7 Å². The molecule has 2 N–H and O–H groups in total. The Morgan fingerprint density at radius 3 is 2.59 bits per heavy atom. The van der Waals surface area contributed by atoms with Crippen LogP contribution in [0.3, 0.4) is 0 Å². The summed E-state index contributed by atoms with van der Waals surface area (Å²) in [6.07, 6.45) is 1.36. The molecule has 0 bridgehead atoms. The van der Waals surface area contributed by atoms with E-state index in [1.165, 1.54) is 27.8 Å². The summed E-state index contributed by atoms with van der Waals surface area (Å²) >= 11 is 12.3. The maximum absolute atomic E-state index is 13.9. The number of alkyl halides is 3. The molecule has 0 spiro atoms. The average Bonchev–Trinajstić information content (AvgIpc) is 3.50. The minimum atomic E-state index is -4.69. The minimum Gasteiger partial charge on any atom is -0.432 e. The van der Waals surface area contributed by atoms with Gasteiger partial charge >= 0.3 is 6.18 Å². The van der Waals surface area contributed by atoms with E-state index in [1.807, 2.05) is 0 Å². The fraction of sp³-hybridized carbons (Fsp3) is 0.296. The van der Waals surface area contributed by atoms with Gasteiger partial charge in [-0.2, -0.15) is 18.3 Å². The molecule has 0 radical (unpaired) electrons. The molecule has 1 aliphatic rings. The van der Waals surface area contributed by atoms with E-state index in [0.29, 0.717) is 15.6 Å². The number of hydrogen-bond donors (Lipinski definition) is 2. The summed E-state index contributed by atoms with van der Waals surface area (Å²) in [4.78, 5) is 13.6. The highest BCUT2D eigenvalue weighted by Crippen LogP contribution is 2.42. The number of nitrogens with one attached hydrogen (secondary N) is 2. The Kier molecular flexibility index (Phi) is 7.35. The van der Waals surface area contributed by atoms with E-state index in [9.17, 15) is 18.0 Å². The third-order valence-corrected chi connectivity index (χ3v) is 7.38. The Morgan fingerprint density at radius 1 is 1.21 bits per heavy atom. The molecule has 1 atom stereocenters. The lowest BCUT2D eigenvalue weighted by atomic mass is 9.98. The van der Waals surface area contributed by atoms with Gasteiger partial charge in [0.1, 0.15) is 6.26 Å². The van der Waals surface area contributed by atoms with Crippen molar-refractivity contribution in [3.05, 3.63) is 93.2 Å². The lowest BCUT2D eigenvalue weighted by Crippen LogP contribution is -2.30. The van der Waals surface area contributed by atoms with Gasteiger partial charge in [-0.05, 0) is 72.7 Å². The number of aromatic nitrogens is 3. The zero-order valence-electron chi connectivity index (χ0n) is 20.7. The number of amides is 1. The van der Waals surface area contributed by atoms with Gasteiger partial charge in [0.25, 0.3) is 11.6 Å². The van der Waals surface area contributed by atoms with Crippen LogP contribution in [0, 0.1) is 11.3 Å². The molecule has 204 valence electrons. The number of carbonyl (C=O) groups is 1. The molecule has 39 heavy (non-hydrogen) atoms. The van der Waals surface area contributed by atoms with Gasteiger partial charge in [-0.3, -0.25) is 19.5 Å². The first-order valence-electron chi connectivity index (χ1n) is 12.3. The second-order valence-electron chi connectivity index (χ2n) is 9.46. The summed E-state index contributed by atoms with van der Waals surface area (Å²) in [6, 6.07) is 9.47. The number of carbonyl (C=O) groups excluding carboxylic acids is 1. The molecule has 2 aromatic carbocycles. The molecule has 7 nitrogen and oxygen atoms in total. The molecule has 2 aromatic heterocycles. The molecular weight excluding hydrogens is 554 g/mol. The average molecular weight is 578 g/mol. The summed E-state index contributed by atoms with van der Waals surface area (Å²) in [5, 5.41) is 15.5. The lowest BCUT2D eigenvalue weighted by molar-refractivity contribution is -0.141. The molecule has 2 heterocycles. The lowest BCUT2D eigenvalue weighted by Gasteiger charge is -2.20. The molecule has 1 aliphatic carbocycles. The van der Waals surface area contributed by atoms with E-state index in [0.717, 1.165) is 18.4 Å². The molecule has 4 aromatic rings. The van der Waals surface area contributed by atoms with Crippen LogP contribution in [-0.4, -0.2) is 20.3 Å². The molecule has 1 saturated carbocycles. The molecule has 1 amide bonds. The zero-order chi connectivity index (χ0) is 27.9. The normalized spacial score (nSPS) is 14.4. The number of aryl methyl sites for hydroxylation is 1. The van der Waals surface area contributed by atoms with E-state index in [4.69, 9.17) is 33.0 Å². The van der Waals surface area contributed by atoms with Crippen molar-refractivity contribution in [3.8, 4) is 11.1 Å². The topological polar surface area (TPSA) is 88.8 Å². The third-order valence-electron chi connectivity index (χ3n) is 6.64. The Hall–Kier alpha value is -3.50. The number of rotatable bonds is 8. The van der Waals surface area contributed by atoms with E-state index >= 15 is 0 Å². The molecule has 12 heteroatoms. The molecule has 5 rings (SSSR count). The van der Waals surface area contributed by atoms with Crippen molar-refractivity contribution in [1.29, 1.82) is 5.41 Å². The Balaban J connectivity index is 1.56. The summed E-state index contributed by atoms with van der Waals surface area (Å²) in [5.41, 5.74) is 0.400. The van der Waals surface area contributed by atoms with Gasteiger partial charge in [0.2, 0.25) is 0 Å². The largest absolute Gasteiger partial charge is 0.435 e. The van der Waals surface area contributed by atoms with E-state index in [2.05, 4.69) is 10.4 Å². The van der Waals surface area contributed by atoms with Gasteiger partial charge in [-0.15, -0.1) is 0 Å². The fourth-order valence-corrected chi connectivity index (χ4v) is 4.84. The molecular formula is C27H24Cl2F3N5O2. The molecule has 1 fully saturated rings. The first-order valence-corrected chi connectivity index (χ1v) is 13.0. The molecule has 0 saturated heterocycles. The summed E-state index contributed by atoms with van der Waals surface area (Å²) in [5.74, 6) is -0.235. The van der Waals surface area contributed by atoms with Crippen LogP contribution in [-0.2, 0) is 19.3 Å². The van der Waals surface area contributed by atoms with Gasteiger partial charge in [0.15, 0.2) is 5.69 Å². The number of halogens is 5. The van der Waals surface area contributed by atoms with Crippen molar-refractivity contribution in [3.63, 3.8) is 0 Å². The number of nitrogens with zero attached hydrogens (tertiary/aromatic N) is 3. The Morgan fingerprint density at radius 2 is 1.97 bits per heavy atom. The first kappa shape index (κ1) is 27.1. The highest BCUT2D eigenvalue weighted by Gasteiger charge is 2.38. The van der Waals surface area contributed by atoms with Crippen LogP contribution in [0.25, 0.3) is 11.1 Å². The van der Waals surface area contributed by atoms with Crippen LogP contribution in [0.2, 0.25) is 10.0 Å². The summed E-state index contributed by atoms with van der Waals surface area (Å²) < 4.78 is 49.4. The van der Waals surface area contributed by atoms with E-state index in [1.54, 1.807) is 43.5 Å². The van der Waals surface area contributed by atoms with Crippen molar-refractivity contribution in [2.75, 3.05) is 0 Å². The second kappa shape index (κ2) is 10.6. The van der Waals surface area contributed by atoms with Crippen LogP contribution < -0.4 is 11.0 Å². The van der Waals surface area contributed by atoms with Crippen molar-refractivity contribution >= 4 is 29.1 Å². The zero-order valence-corrected chi connectivity index (χ0v) is 22.2. The van der Waals surface area contributed by atoms with Gasteiger partial charge in [0, 0.05) is 30.1 Å². The quantitative estimate of drug-likeness (QED) is 0.244. The SMILES string of the molecule is CCn1cc(-c2cc(Cn3ccoc3=N)cc(C(=O)N[C@H](c3ccc(Cl)c(Cl)c3)C3CC3)c2)c(C(F)(F)F)n1. The standard InChI is InChI=1S/C27H24Cl2F3N5O2/c1-2-37-14-20(24(35-37)27(30,31)32)18-9-15(13-36-7-8-39-26(36)33)10-19(11-18)25(38)34-23(16-3-4-16)17-5-6-21(28)22(29)12-17/h5-12,14,16,23,33H,2-4,13H2,1H3,(H,34,38)/t23-/m0/s1. The van der Waals surface area contributed by atoms with Gasteiger partial charge < -0.3 is 9.73 Å². The van der Waals surface area contributed by atoms with Crippen LogP contribution in [0.5, 0.6) is 0 Å². The van der Waals surface area contributed by atoms with Crippen LogP contribution in [0.15, 0.2) is 59.5 Å². The molecule has 0 unspecified atom stereocenters. The van der Waals surface area contributed by atoms with Crippen molar-refractivity contribution < 1.29 is 22.4 Å². The maximum atomic E-state index is 13.9. The minimum absolute atomic E-state index is 0.117. The van der Waals surface area contributed by atoms with Gasteiger partial charge in [0.05, 0.1) is 22.6 Å². The predicted octanol–water partition coefficient (Wildman–Crippen LogP) is 6.70. The van der Waals surface area contributed by atoms with Crippen molar-refractivity contribution in [2.24, 2.45) is 5.92 Å². The van der Waals surface area contributed by atoms with Crippen molar-refractivity contribution in [2.45, 2.75) is 45.1 Å². The van der Waals surface area contributed by atoms with Gasteiger partial charge in [-0.1, -0.05) is 29.3 Å². The van der Waals surface area contributed by atoms with E-state index < -0.39 is 17.8 Å². The third kappa shape index (κ3) is 5.91. The first-order chi connectivity index (χ1) is 18.5. The Bertz CT molecular complexity index is 1590. The smallest absolute Gasteiger partial charge is 0.432 e. The number of benzene rings is 2. The second-order valence-corrected chi connectivity index (χ2v) is 10.3. The fourth-order valence-electron chi connectivity index (χ4n) is 4.53.